The van der Waals surface area contributed by atoms with Crippen LogP contribution in [0.1, 0.15) is 53.4 Å². The van der Waals surface area contributed by atoms with Crippen molar-refractivity contribution in [1.29, 1.82) is 0 Å². The number of hydrogen-bond donors (Lipinski definition) is 3. The fraction of sp³-hybridized carbons (Fsp3) is 0.303. The van der Waals surface area contributed by atoms with Gasteiger partial charge in [0.1, 0.15) is 17.0 Å². The Hall–Kier alpha value is -4.73. The van der Waals surface area contributed by atoms with Gasteiger partial charge in [-0.25, -0.2) is 8.78 Å². The van der Waals surface area contributed by atoms with Gasteiger partial charge in [0.05, 0.1) is 12.6 Å². The van der Waals surface area contributed by atoms with Crippen LogP contribution >= 0.6 is 0 Å². The van der Waals surface area contributed by atoms with Crippen molar-refractivity contribution in [1.82, 2.24) is 4.98 Å². The van der Waals surface area contributed by atoms with E-state index in [1.165, 1.54) is 74.7 Å². The highest BCUT2D eigenvalue weighted by Crippen LogP contribution is 2.47. The number of ether oxygens (including phenoxy) is 2. The minimum absolute atomic E-state index is 0.0919. The molecule has 0 aliphatic heterocycles. The molecule has 0 spiro atoms. The number of nitrogens with zero attached hydrogens (tertiary/aromatic N) is 1. The summed E-state index contributed by atoms with van der Waals surface area (Å²) in [6.45, 7) is 8.50. The SMILES string of the molecule is CCC.CCC.COc1cc2c(Oc3ccc(NC(=O)C4(C(=O)Nc5ccc(F)cc5)CC4)cc3F)ccnc2cc1O. The van der Waals surface area contributed by atoms with Gasteiger partial charge in [0.2, 0.25) is 11.8 Å². The summed E-state index contributed by atoms with van der Waals surface area (Å²) in [5.41, 5.74) is -0.328. The molecule has 1 aliphatic rings. The molecule has 43 heavy (non-hydrogen) atoms. The van der Waals surface area contributed by atoms with E-state index in [4.69, 9.17) is 9.47 Å². The Morgan fingerprint density at radius 1 is 0.837 bits per heavy atom. The summed E-state index contributed by atoms with van der Waals surface area (Å²) in [5, 5.41) is 15.7. The Balaban J connectivity index is 0.000000780. The number of rotatable bonds is 7. The number of aromatic nitrogens is 1. The van der Waals surface area contributed by atoms with Gasteiger partial charge >= 0.3 is 0 Å². The Kier molecular flexibility index (Phi) is 11.4. The third-order valence-electron chi connectivity index (χ3n) is 6.13. The van der Waals surface area contributed by atoms with E-state index in [1.807, 2.05) is 0 Å². The van der Waals surface area contributed by atoms with E-state index in [0.29, 0.717) is 29.4 Å². The van der Waals surface area contributed by atoms with Crippen LogP contribution in [-0.2, 0) is 9.59 Å². The van der Waals surface area contributed by atoms with Gasteiger partial charge < -0.3 is 25.2 Å². The molecule has 2 amide bonds. The molecule has 228 valence electrons. The number of anilines is 2. The predicted octanol–water partition coefficient (Wildman–Crippen LogP) is 8.21. The van der Waals surface area contributed by atoms with E-state index in [1.54, 1.807) is 6.07 Å². The second kappa shape index (κ2) is 14.9. The van der Waals surface area contributed by atoms with Crippen LogP contribution in [0.25, 0.3) is 10.9 Å². The molecular formula is C33H37F2N3O5. The lowest BCUT2D eigenvalue weighted by Crippen LogP contribution is -2.35. The molecular weight excluding hydrogens is 556 g/mol. The summed E-state index contributed by atoms with van der Waals surface area (Å²) >= 11 is 0. The van der Waals surface area contributed by atoms with Crippen molar-refractivity contribution in [2.45, 2.75) is 53.4 Å². The van der Waals surface area contributed by atoms with Crippen LogP contribution < -0.4 is 20.1 Å². The molecule has 1 aromatic heterocycles. The molecule has 0 atom stereocenters. The van der Waals surface area contributed by atoms with Gasteiger partial charge in [-0.3, -0.25) is 14.6 Å². The third kappa shape index (κ3) is 8.18. The van der Waals surface area contributed by atoms with E-state index >= 15 is 0 Å². The number of methoxy groups -OCH3 is 1. The van der Waals surface area contributed by atoms with E-state index < -0.39 is 28.9 Å². The molecule has 10 heteroatoms. The summed E-state index contributed by atoms with van der Waals surface area (Å²) in [6.07, 6.45) is 4.63. The Bertz CT molecular complexity index is 1550. The minimum Gasteiger partial charge on any atom is -0.504 e. The lowest BCUT2D eigenvalue weighted by atomic mass is 10.0. The number of carbonyl (C=O) groups excluding carboxylic acids is 2. The predicted molar refractivity (Wildman–Crippen MR) is 164 cm³/mol. The van der Waals surface area contributed by atoms with Gasteiger partial charge in [-0.05, 0) is 61.4 Å². The third-order valence-corrected chi connectivity index (χ3v) is 6.13. The van der Waals surface area contributed by atoms with Crippen LogP contribution in [-0.4, -0.2) is 29.0 Å². The number of phenols is 1. The molecule has 4 aromatic rings. The minimum atomic E-state index is -1.28. The van der Waals surface area contributed by atoms with Gasteiger partial charge in [0, 0.05) is 35.1 Å². The van der Waals surface area contributed by atoms with Crippen molar-refractivity contribution in [3.05, 3.63) is 78.5 Å². The number of aromatic hydroxyl groups is 1. The molecule has 5 rings (SSSR count). The summed E-state index contributed by atoms with van der Waals surface area (Å²) in [5.74, 6) is -1.96. The first-order chi connectivity index (χ1) is 20.6. The Morgan fingerprint density at radius 2 is 1.42 bits per heavy atom. The zero-order valence-corrected chi connectivity index (χ0v) is 25.0. The second-order valence-electron chi connectivity index (χ2n) is 10.0. The van der Waals surface area contributed by atoms with Crippen molar-refractivity contribution >= 4 is 34.1 Å². The van der Waals surface area contributed by atoms with Gasteiger partial charge in [0.25, 0.3) is 0 Å². The van der Waals surface area contributed by atoms with Crippen LogP contribution in [0.2, 0.25) is 0 Å². The van der Waals surface area contributed by atoms with E-state index in [2.05, 4.69) is 43.3 Å². The molecule has 1 saturated carbocycles. The molecule has 1 aliphatic carbocycles. The molecule has 0 saturated heterocycles. The first-order valence-corrected chi connectivity index (χ1v) is 14.1. The molecule has 3 aromatic carbocycles. The van der Waals surface area contributed by atoms with Crippen LogP contribution in [0.5, 0.6) is 23.0 Å². The number of halogens is 2. The summed E-state index contributed by atoms with van der Waals surface area (Å²) < 4.78 is 38.9. The van der Waals surface area contributed by atoms with Crippen molar-refractivity contribution in [3.8, 4) is 23.0 Å². The number of hydrogen-bond acceptors (Lipinski definition) is 6. The smallest absolute Gasteiger partial charge is 0.240 e. The molecule has 1 heterocycles. The number of pyridine rings is 1. The maximum absolute atomic E-state index is 14.9. The van der Waals surface area contributed by atoms with Crippen LogP contribution in [0.4, 0.5) is 20.2 Å². The maximum atomic E-state index is 14.9. The molecule has 1 fully saturated rings. The van der Waals surface area contributed by atoms with E-state index in [-0.39, 0.29) is 28.7 Å². The first-order valence-electron chi connectivity index (χ1n) is 14.1. The fourth-order valence-electron chi connectivity index (χ4n) is 3.89. The molecule has 0 unspecified atom stereocenters. The average Bonchev–Trinajstić information content (AvgIpc) is 3.79. The number of benzene rings is 3. The van der Waals surface area contributed by atoms with E-state index in [0.717, 1.165) is 6.07 Å². The summed E-state index contributed by atoms with van der Waals surface area (Å²) in [6, 6.07) is 13.6. The Labute approximate surface area is 250 Å². The average molecular weight is 594 g/mol. The number of carbonyl (C=O) groups is 2. The monoisotopic (exact) mass is 593 g/mol. The lowest BCUT2D eigenvalue weighted by Gasteiger charge is -2.16. The number of amides is 2. The van der Waals surface area contributed by atoms with Crippen LogP contribution in [0.15, 0.2) is 66.9 Å². The quantitative estimate of drug-likeness (QED) is 0.186. The normalized spacial score (nSPS) is 12.5. The number of fused-ring (bicyclic) bond motifs is 1. The highest BCUT2D eigenvalue weighted by molar-refractivity contribution is 6.16. The zero-order chi connectivity index (χ0) is 31.6. The van der Waals surface area contributed by atoms with Gasteiger partial charge in [-0.15, -0.1) is 0 Å². The topological polar surface area (TPSA) is 110 Å². The maximum Gasteiger partial charge on any atom is 0.240 e. The molecule has 0 radical (unpaired) electrons. The summed E-state index contributed by atoms with van der Waals surface area (Å²) in [4.78, 5) is 29.8. The van der Waals surface area contributed by atoms with E-state index in [9.17, 15) is 23.5 Å². The van der Waals surface area contributed by atoms with Gasteiger partial charge in [-0.2, -0.15) is 0 Å². The highest BCUT2D eigenvalue weighted by Gasteiger charge is 2.56. The fourth-order valence-corrected chi connectivity index (χ4v) is 3.89. The van der Waals surface area contributed by atoms with Crippen LogP contribution in [0.3, 0.4) is 0 Å². The molecule has 3 N–H and O–H groups in total. The van der Waals surface area contributed by atoms with Gasteiger partial charge in [-0.1, -0.05) is 40.5 Å². The first kappa shape index (κ1) is 32.8. The highest BCUT2D eigenvalue weighted by atomic mass is 19.1. The Morgan fingerprint density at radius 3 is 1.98 bits per heavy atom. The van der Waals surface area contributed by atoms with Gasteiger partial charge in [0.15, 0.2) is 23.1 Å². The lowest BCUT2D eigenvalue weighted by molar-refractivity contribution is -0.131. The zero-order valence-electron chi connectivity index (χ0n) is 25.0. The van der Waals surface area contributed by atoms with Crippen molar-refractivity contribution < 1.29 is 33.0 Å². The standard InChI is InChI=1S/C27H21F2N3O5.2C3H8/c1-36-24-13-18-20(14-21(24)33)30-11-8-22(18)37-23-7-6-17(12-19(23)29)32-26(35)27(9-10-27)25(34)31-16-4-2-15(28)3-5-16;2*1-3-2/h2-8,11-14,33H,9-10H2,1H3,(H,31,34)(H,32,35);2*3H2,1-2H3. The molecule has 8 nitrogen and oxygen atoms in total. The van der Waals surface area contributed by atoms with Crippen molar-refractivity contribution in [3.63, 3.8) is 0 Å². The van der Waals surface area contributed by atoms with Crippen molar-refractivity contribution in [2.24, 2.45) is 5.41 Å². The second-order valence-corrected chi connectivity index (χ2v) is 10.0. The summed E-state index contributed by atoms with van der Waals surface area (Å²) in [7, 11) is 1.41. The number of nitrogens with one attached hydrogen (secondary N) is 2. The molecule has 0 bridgehead atoms. The largest absolute Gasteiger partial charge is 0.504 e. The number of phenolic OH excluding ortho intramolecular Hbond substituents is 1. The van der Waals surface area contributed by atoms with Crippen molar-refractivity contribution in [2.75, 3.05) is 17.7 Å². The van der Waals surface area contributed by atoms with Crippen LogP contribution in [0, 0.1) is 17.0 Å².